The summed E-state index contributed by atoms with van der Waals surface area (Å²) in [5.74, 6) is 0.933. The fourth-order valence-corrected chi connectivity index (χ4v) is 2.90. The van der Waals surface area contributed by atoms with Crippen molar-refractivity contribution in [2.75, 3.05) is 17.3 Å². The van der Waals surface area contributed by atoms with Crippen molar-refractivity contribution in [2.24, 2.45) is 0 Å². The van der Waals surface area contributed by atoms with Crippen molar-refractivity contribution in [3.8, 4) is 0 Å². The maximum Gasteiger partial charge on any atom is 0.0816 e. The van der Waals surface area contributed by atoms with Gasteiger partial charge >= 0.3 is 0 Å². The third kappa shape index (κ3) is 1.76. The molecule has 4 heteroatoms. The van der Waals surface area contributed by atoms with Crippen LogP contribution in [0.25, 0.3) is 0 Å². The molecule has 1 nitrogen and oxygen atoms in total. The lowest BCUT2D eigenvalue weighted by molar-refractivity contribution is 0.944. The van der Waals surface area contributed by atoms with Crippen molar-refractivity contribution in [1.82, 2.24) is 0 Å². The van der Waals surface area contributed by atoms with Gasteiger partial charge in [-0.25, -0.2) is 0 Å². The van der Waals surface area contributed by atoms with Gasteiger partial charge in [-0.15, -0.1) is 0 Å². The van der Waals surface area contributed by atoms with Gasteiger partial charge in [-0.1, -0.05) is 35.6 Å². The van der Waals surface area contributed by atoms with Gasteiger partial charge in [-0.3, -0.25) is 0 Å². The fraction of sp³-hybridized carbons (Fsp3) is 0.300. The summed E-state index contributed by atoms with van der Waals surface area (Å²) in [7, 11) is 0. The zero-order valence-corrected chi connectivity index (χ0v) is 10.2. The zero-order chi connectivity index (χ0) is 10.1. The number of benzene rings is 1. The lowest BCUT2D eigenvalue weighted by Crippen LogP contribution is -2.28. The molecule has 0 saturated heterocycles. The van der Waals surface area contributed by atoms with Crippen LogP contribution in [0.15, 0.2) is 18.2 Å². The third-order valence-corrected chi connectivity index (χ3v) is 3.99. The number of rotatable bonds is 1. The average molecular weight is 244 g/mol. The van der Waals surface area contributed by atoms with E-state index in [1.54, 1.807) is 11.8 Å². The molecule has 0 spiro atoms. The minimum Gasteiger partial charge on any atom is -0.362 e. The van der Waals surface area contributed by atoms with Crippen LogP contribution in [0.1, 0.15) is 12.5 Å². The predicted octanol–water partition coefficient (Wildman–Crippen LogP) is 3.55. The standard InChI is InChI=1S/C10H10ClNS2/c1-2-12-6-14-10(13)8-4-3-7(11)5-9(8)12/h3-5H,2,6H2,1H3. The van der Waals surface area contributed by atoms with Gasteiger partial charge < -0.3 is 4.90 Å². The van der Waals surface area contributed by atoms with E-state index in [1.165, 1.54) is 5.69 Å². The molecule has 0 fully saturated rings. The van der Waals surface area contributed by atoms with Gasteiger partial charge in [0.05, 0.1) is 10.1 Å². The maximum atomic E-state index is 5.97. The van der Waals surface area contributed by atoms with E-state index in [0.29, 0.717) is 0 Å². The lowest BCUT2D eigenvalue weighted by Gasteiger charge is -2.30. The van der Waals surface area contributed by atoms with Gasteiger partial charge in [0.25, 0.3) is 0 Å². The van der Waals surface area contributed by atoms with E-state index in [2.05, 4.69) is 11.8 Å². The van der Waals surface area contributed by atoms with E-state index in [0.717, 1.165) is 27.2 Å². The van der Waals surface area contributed by atoms with Gasteiger partial charge in [0.15, 0.2) is 0 Å². The first-order valence-electron chi connectivity index (χ1n) is 4.44. The second-order valence-electron chi connectivity index (χ2n) is 3.08. The minimum atomic E-state index is 0.775. The Balaban J connectivity index is 2.51. The molecule has 0 aliphatic carbocycles. The molecule has 0 bridgehead atoms. The molecule has 0 saturated carbocycles. The average Bonchev–Trinajstić information content (AvgIpc) is 2.18. The van der Waals surface area contributed by atoms with Gasteiger partial charge in [-0.05, 0) is 25.1 Å². The number of halogens is 1. The lowest BCUT2D eigenvalue weighted by atomic mass is 10.2. The molecule has 0 amide bonds. The first kappa shape index (κ1) is 10.3. The van der Waals surface area contributed by atoms with E-state index >= 15 is 0 Å². The molecule has 0 aromatic heterocycles. The summed E-state index contributed by atoms with van der Waals surface area (Å²) in [5.41, 5.74) is 2.31. The summed E-state index contributed by atoms with van der Waals surface area (Å²) < 4.78 is 0.973. The zero-order valence-electron chi connectivity index (χ0n) is 7.79. The summed E-state index contributed by atoms with van der Waals surface area (Å²) in [5, 5.41) is 0.775. The van der Waals surface area contributed by atoms with Gasteiger partial charge in [0, 0.05) is 22.8 Å². The van der Waals surface area contributed by atoms with Crippen LogP contribution < -0.4 is 4.90 Å². The molecule has 1 aliphatic rings. The smallest absolute Gasteiger partial charge is 0.0816 e. The molecule has 14 heavy (non-hydrogen) atoms. The van der Waals surface area contributed by atoms with E-state index < -0.39 is 0 Å². The van der Waals surface area contributed by atoms with E-state index in [4.69, 9.17) is 23.8 Å². The van der Waals surface area contributed by atoms with Crippen molar-refractivity contribution < 1.29 is 0 Å². The Bertz CT molecular complexity index is 378. The van der Waals surface area contributed by atoms with Crippen LogP contribution in [0.4, 0.5) is 5.69 Å². The molecule has 1 aliphatic heterocycles. The number of thioether (sulfide) groups is 1. The molecular formula is C10H10ClNS2. The van der Waals surface area contributed by atoms with Crippen molar-refractivity contribution in [3.63, 3.8) is 0 Å². The second-order valence-corrected chi connectivity index (χ2v) is 5.14. The highest BCUT2D eigenvalue weighted by Crippen LogP contribution is 2.34. The van der Waals surface area contributed by atoms with E-state index in [9.17, 15) is 0 Å². The number of fused-ring (bicyclic) bond motifs is 1. The molecular weight excluding hydrogens is 234 g/mol. The van der Waals surface area contributed by atoms with Gasteiger partial charge in [0.1, 0.15) is 0 Å². The van der Waals surface area contributed by atoms with Crippen LogP contribution in [-0.4, -0.2) is 16.6 Å². The summed E-state index contributed by atoms with van der Waals surface area (Å²) in [6.07, 6.45) is 0. The SMILES string of the molecule is CCN1CSC(=S)c2ccc(Cl)cc21. The fourth-order valence-electron chi connectivity index (χ4n) is 1.48. The summed E-state index contributed by atoms with van der Waals surface area (Å²) in [4.78, 5) is 2.28. The van der Waals surface area contributed by atoms with Crippen LogP contribution >= 0.6 is 35.6 Å². The van der Waals surface area contributed by atoms with Crippen molar-refractivity contribution in [1.29, 1.82) is 0 Å². The highest BCUT2D eigenvalue weighted by atomic mass is 35.5. The van der Waals surface area contributed by atoms with Crippen molar-refractivity contribution in [2.45, 2.75) is 6.92 Å². The van der Waals surface area contributed by atoms with E-state index in [1.807, 2.05) is 18.2 Å². The van der Waals surface area contributed by atoms with E-state index in [-0.39, 0.29) is 0 Å². The second kappa shape index (κ2) is 4.09. The largest absolute Gasteiger partial charge is 0.362 e. The van der Waals surface area contributed by atoms with Crippen LogP contribution in [0, 0.1) is 0 Å². The number of nitrogens with zero attached hydrogens (tertiary/aromatic N) is 1. The highest BCUT2D eigenvalue weighted by Gasteiger charge is 2.19. The topological polar surface area (TPSA) is 3.24 Å². The Labute approximate surface area is 98.4 Å². The van der Waals surface area contributed by atoms with Gasteiger partial charge in [0.2, 0.25) is 0 Å². The van der Waals surface area contributed by atoms with Crippen molar-refractivity contribution >= 4 is 45.5 Å². The molecule has 1 heterocycles. The molecule has 0 radical (unpaired) electrons. The molecule has 0 unspecified atom stereocenters. The normalized spacial score (nSPS) is 15.6. The Kier molecular flexibility index (Phi) is 3.00. The summed E-state index contributed by atoms with van der Waals surface area (Å²) >= 11 is 13.0. The Hall–Kier alpha value is -0.250. The number of hydrogen-bond donors (Lipinski definition) is 0. The number of thiocarbonyl (C=S) groups is 1. The van der Waals surface area contributed by atoms with Crippen LogP contribution in [-0.2, 0) is 0 Å². The van der Waals surface area contributed by atoms with Crippen molar-refractivity contribution in [3.05, 3.63) is 28.8 Å². The molecule has 1 aromatic rings. The Morgan fingerprint density at radius 2 is 2.36 bits per heavy atom. The highest BCUT2D eigenvalue weighted by molar-refractivity contribution is 8.23. The number of anilines is 1. The molecule has 0 atom stereocenters. The number of hydrogen-bond acceptors (Lipinski definition) is 3. The van der Waals surface area contributed by atoms with Crippen LogP contribution in [0.2, 0.25) is 5.02 Å². The quantitative estimate of drug-likeness (QED) is 0.695. The summed E-state index contributed by atoms with van der Waals surface area (Å²) in [6.45, 7) is 3.13. The Morgan fingerprint density at radius 1 is 1.57 bits per heavy atom. The first-order chi connectivity index (χ1) is 6.72. The molecule has 0 N–H and O–H groups in total. The molecule has 2 rings (SSSR count). The predicted molar refractivity (Wildman–Crippen MR) is 68.6 cm³/mol. The molecule has 74 valence electrons. The maximum absolute atomic E-state index is 5.97. The third-order valence-electron chi connectivity index (χ3n) is 2.25. The van der Waals surface area contributed by atoms with Crippen LogP contribution in [0.3, 0.4) is 0 Å². The van der Waals surface area contributed by atoms with Gasteiger partial charge in [-0.2, -0.15) is 0 Å². The molecule has 1 aromatic carbocycles. The summed E-state index contributed by atoms with van der Waals surface area (Å²) in [6, 6.07) is 5.90. The van der Waals surface area contributed by atoms with Crippen LogP contribution in [0.5, 0.6) is 0 Å². The monoisotopic (exact) mass is 243 g/mol. The minimum absolute atomic E-state index is 0.775. The Morgan fingerprint density at radius 3 is 3.07 bits per heavy atom. The first-order valence-corrected chi connectivity index (χ1v) is 6.21.